The van der Waals surface area contributed by atoms with Gasteiger partial charge in [-0.15, -0.1) is 0 Å². The molecule has 1 fully saturated rings. The van der Waals surface area contributed by atoms with Crippen LogP contribution in [0.4, 0.5) is 5.82 Å². The first-order valence-electron chi connectivity index (χ1n) is 8.99. The molecular weight excluding hydrogens is 312 g/mol. The molecule has 0 unspecified atom stereocenters. The molecule has 0 bridgehead atoms. The first-order valence-corrected chi connectivity index (χ1v) is 8.99. The van der Waals surface area contributed by atoms with Gasteiger partial charge >= 0.3 is 0 Å². The van der Waals surface area contributed by atoms with Crippen LogP contribution >= 0.6 is 0 Å². The fourth-order valence-electron chi connectivity index (χ4n) is 4.03. The van der Waals surface area contributed by atoms with Crippen LogP contribution in [0.15, 0.2) is 42.6 Å². The highest BCUT2D eigenvalue weighted by Gasteiger charge is 2.31. The third-order valence-electron chi connectivity index (χ3n) is 5.42. The second-order valence-corrected chi connectivity index (χ2v) is 6.81. The molecule has 0 saturated carbocycles. The lowest BCUT2D eigenvalue weighted by Gasteiger charge is -2.38. The lowest BCUT2D eigenvalue weighted by Crippen LogP contribution is -2.52. The van der Waals surface area contributed by atoms with Gasteiger partial charge < -0.3 is 10.2 Å². The Balaban J connectivity index is 1.38. The number of pyridine rings is 1. The molecule has 25 heavy (non-hydrogen) atoms. The van der Waals surface area contributed by atoms with E-state index in [9.17, 15) is 4.79 Å². The lowest BCUT2D eigenvalue weighted by molar-refractivity contribution is 0.0576. The molecule has 1 aliphatic carbocycles. The Morgan fingerprint density at radius 3 is 2.36 bits per heavy atom. The second-order valence-electron chi connectivity index (χ2n) is 6.81. The monoisotopic (exact) mass is 336 g/mol. The summed E-state index contributed by atoms with van der Waals surface area (Å²) in [5.74, 6) is 0.730. The number of hydrogen-bond donors (Lipinski definition) is 1. The van der Waals surface area contributed by atoms with Crippen LogP contribution in [0.3, 0.4) is 0 Å². The van der Waals surface area contributed by atoms with E-state index in [1.54, 1.807) is 13.2 Å². The molecule has 2 heterocycles. The maximum Gasteiger partial charge on any atom is 0.257 e. The quantitative estimate of drug-likeness (QED) is 0.932. The second kappa shape index (κ2) is 6.84. The van der Waals surface area contributed by atoms with Crippen LogP contribution < -0.4 is 5.32 Å². The summed E-state index contributed by atoms with van der Waals surface area (Å²) in [6, 6.07) is 13.0. The van der Waals surface area contributed by atoms with Crippen molar-refractivity contribution in [3.63, 3.8) is 0 Å². The summed E-state index contributed by atoms with van der Waals surface area (Å²) in [5.41, 5.74) is 3.63. The van der Waals surface area contributed by atoms with Gasteiger partial charge in [-0.2, -0.15) is 0 Å². The number of anilines is 1. The minimum absolute atomic E-state index is 0.0757. The summed E-state index contributed by atoms with van der Waals surface area (Å²) in [6.45, 7) is 3.45. The molecule has 1 saturated heterocycles. The summed E-state index contributed by atoms with van der Waals surface area (Å²) in [4.78, 5) is 21.6. The van der Waals surface area contributed by atoms with Crippen molar-refractivity contribution in [3.8, 4) is 0 Å². The number of benzene rings is 1. The molecule has 1 aromatic heterocycles. The number of nitrogens with zero attached hydrogens (tertiary/aromatic N) is 3. The SMILES string of the molecule is CNc1ncccc1C(=O)N1CCN(C2Cc3ccccc3C2)CC1. The number of carbonyl (C=O) groups excluding carboxylic acids is 1. The van der Waals surface area contributed by atoms with Gasteiger partial charge in [0.25, 0.3) is 5.91 Å². The minimum atomic E-state index is 0.0757. The van der Waals surface area contributed by atoms with E-state index < -0.39 is 0 Å². The normalized spacial score (nSPS) is 18.2. The van der Waals surface area contributed by atoms with Crippen molar-refractivity contribution in [1.82, 2.24) is 14.8 Å². The van der Waals surface area contributed by atoms with E-state index in [0.29, 0.717) is 17.4 Å². The summed E-state index contributed by atoms with van der Waals surface area (Å²) in [6.07, 6.45) is 3.98. The van der Waals surface area contributed by atoms with Crippen molar-refractivity contribution in [2.45, 2.75) is 18.9 Å². The van der Waals surface area contributed by atoms with Crippen LogP contribution in [-0.2, 0) is 12.8 Å². The predicted molar refractivity (Wildman–Crippen MR) is 98.9 cm³/mol. The molecular formula is C20H24N4O. The molecule has 5 nitrogen and oxygen atoms in total. The maximum atomic E-state index is 12.8. The van der Waals surface area contributed by atoms with E-state index in [2.05, 4.69) is 39.5 Å². The molecule has 5 heteroatoms. The van der Waals surface area contributed by atoms with Crippen molar-refractivity contribution in [3.05, 3.63) is 59.3 Å². The average molecular weight is 336 g/mol. The van der Waals surface area contributed by atoms with E-state index in [1.807, 2.05) is 17.0 Å². The van der Waals surface area contributed by atoms with Crippen molar-refractivity contribution in [1.29, 1.82) is 0 Å². The van der Waals surface area contributed by atoms with Crippen LogP contribution in [0.1, 0.15) is 21.5 Å². The van der Waals surface area contributed by atoms with Gasteiger partial charge in [-0.3, -0.25) is 9.69 Å². The Morgan fingerprint density at radius 2 is 1.72 bits per heavy atom. The van der Waals surface area contributed by atoms with Crippen molar-refractivity contribution in [2.75, 3.05) is 38.5 Å². The smallest absolute Gasteiger partial charge is 0.257 e. The van der Waals surface area contributed by atoms with Gasteiger partial charge in [0.05, 0.1) is 5.56 Å². The van der Waals surface area contributed by atoms with Crippen LogP contribution in [0.25, 0.3) is 0 Å². The van der Waals surface area contributed by atoms with Crippen LogP contribution in [0.2, 0.25) is 0 Å². The van der Waals surface area contributed by atoms with Crippen molar-refractivity contribution < 1.29 is 4.79 Å². The molecule has 1 N–H and O–H groups in total. The largest absolute Gasteiger partial charge is 0.372 e. The van der Waals surface area contributed by atoms with Gasteiger partial charge in [-0.05, 0) is 36.1 Å². The molecule has 130 valence electrons. The number of nitrogens with one attached hydrogen (secondary N) is 1. The highest BCUT2D eigenvalue weighted by Crippen LogP contribution is 2.26. The van der Waals surface area contributed by atoms with E-state index >= 15 is 0 Å². The molecule has 0 spiro atoms. The van der Waals surface area contributed by atoms with Gasteiger partial charge in [0.1, 0.15) is 5.82 Å². The molecule has 2 aromatic rings. The van der Waals surface area contributed by atoms with E-state index in [0.717, 1.165) is 39.0 Å². The molecule has 2 aliphatic rings. The molecule has 1 aliphatic heterocycles. The lowest BCUT2D eigenvalue weighted by atomic mass is 10.1. The topological polar surface area (TPSA) is 48.5 Å². The third kappa shape index (κ3) is 3.12. The molecule has 4 rings (SSSR count). The zero-order chi connectivity index (χ0) is 17.2. The summed E-state index contributed by atoms with van der Waals surface area (Å²) in [7, 11) is 1.80. The highest BCUT2D eigenvalue weighted by molar-refractivity contribution is 5.98. The molecule has 1 aromatic carbocycles. The van der Waals surface area contributed by atoms with Crippen LogP contribution in [0.5, 0.6) is 0 Å². The molecule has 0 atom stereocenters. The number of hydrogen-bond acceptors (Lipinski definition) is 4. The Bertz CT molecular complexity index is 743. The van der Waals surface area contributed by atoms with Crippen LogP contribution in [0, 0.1) is 0 Å². The summed E-state index contributed by atoms with van der Waals surface area (Å²) < 4.78 is 0. The third-order valence-corrected chi connectivity index (χ3v) is 5.42. The Kier molecular flexibility index (Phi) is 4.40. The first kappa shape index (κ1) is 16.1. The van der Waals surface area contributed by atoms with Crippen LogP contribution in [-0.4, -0.2) is 60.0 Å². The molecule has 1 amide bonds. The highest BCUT2D eigenvalue weighted by atomic mass is 16.2. The zero-order valence-corrected chi connectivity index (χ0v) is 14.6. The zero-order valence-electron chi connectivity index (χ0n) is 14.6. The van der Waals surface area contributed by atoms with E-state index in [1.165, 1.54) is 11.1 Å². The number of amides is 1. The Hall–Kier alpha value is -2.40. The van der Waals surface area contributed by atoms with Crippen molar-refractivity contribution >= 4 is 11.7 Å². The molecule has 0 radical (unpaired) electrons. The average Bonchev–Trinajstić information content (AvgIpc) is 3.12. The number of aromatic nitrogens is 1. The summed E-state index contributed by atoms with van der Waals surface area (Å²) in [5, 5.41) is 3.01. The predicted octanol–water partition coefficient (Wildman–Crippen LogP) is 2.05. The first-order chi connectivity index (χ1) is 12.3. The van der Waals surface area contributed by atoms with E-state index in [4.69, 9.17) is 0 Å². The van der Waals surface area contributed by atoms with Crippen molar-refractivity contribution in [2.24, 2.45) is 0 Å². The number of fused-ring (bicyclic) bond motifs is 1. The van der Waals surface area contributed by atoms with E-state index in [-0.39, 0.29) is 5.91 Å². The van der Waals surface area contributed by atoms with Gasteiger partial charge in [0, 0.05) is 45.5 Å². The standard InChI is InChI=1S/C20H24N4O/c1-21-19-18(7-4-8-22-19)20(25)24-11-9-23(10-12-24)17-13-15-5-2-3-6-16(15)14-17/h2-8,17H,9-14H2,1H3,(H,21,22). The number of carbonyl (C=O) groups is 1. The Morgan fingerprint density at radius 1 is 1.04 bits per heavy atom. The van der Waals surface area contributed by atoms with Gasteiger partial charge in [-0.1, -0.05) is 24.3 Å². The summed E-state index contributed by atoms with van der Waals surface area (Å²) >= 11 is 0. The number of rotatable bonds is 3. The van der Waals surface area contributed by atoms with Gasteiger partial charge in [0.2, 0.25) is 0 Å². The fourth-order valence-corrected chi connectivity index (χ4v) is 4.03. The fraction of sp³-hybridized carbons (Fsp3) is 0.400. The number of piperazine rings is 1. The van der Waals surface area contributed by atoms with Gasteiger partial charge in [0.15, 0.2) is 0 Å². The van der Waals surface area contributed by atoms with Gasteiger partial charge in [-0.25, -0.2) is 4.98 Å². The minimum Gasteiger partial charge on any atom is -0.372 e. The maximum absolute atomic E-state index is 12.8. The Labute approximate surface area is 148 Å².